The molecule has 1 N–H and O–H groups in total. The van der Waals surface area contributed by atoms with Crippen LogP contribution in [0.2, 0.25) is 0 Å². The third kappa shape index (κ3) is 7.22. The fraction of sp³-hybridized carbons (Fsp3) is 1.00. The van der Waals surface area contributed by atoms with Crippen molar-refractivity contribution in [1.82, 2.24) is 5.48 Å². The van der Waals surface area contributed by atoms with E-state index in [4.69, 9.17) is 23.8 Å². The molecule has 0 saturated carbocycles. The highest BCUT2D eigenvalue weighted by atomic mass is 31.1. The van der Waals surface area contributed by atoms with Crippen LogP contribution >= 0.6 is 17.2 Å². The van der Waals surface area contributed by atoms with Crippen LogP contribution in [0, 0.1) is 0 Å². The Morgan fingerprint density at radius 2 is 1.19 bits per heavy atom. The lowest BCUT2D eigenvalue weighted by atomic mass is 9.90. The van der Waals surface area contributed by atoms with E-state index in [0.29, 0.717) is 23.8 Å². The minimum atomic E-state index is -0.610. The highest BCUT2D eigenvalue weighted by molar-refractivity contribution is 7.41. The molecule has 158 valence electrons. The first kappa shape index (κ1) is 26.6. The van der Waals surface area contributed by atoms with E-state index in [1.807, 2.05) is 13.8 Å². The van der Waals surface area contributed by atoms with Gasteiger partial charge in [0.15, 0.2) is 11.1 Å². The molecule has 26 heavy (non-hydrogen) atoms. The SMILES string of the molecule is CCCONC(CC)(C(C)PC(C)(OC)OC)C(C)PC(C)(OC)OC. The van der Waals surface area contributed by atoms with Crippen molar-refractivity contribution in [3.8, 4) is 0 Å². The van der Waals surface area contributed by atoms with Crippen LogP contribution < -0.4 is 5.48 Å². The Kier molecular flexibility index (Phi) is 12.5. The van der Waals surface area contributed by atoms with Crippen molar-refractivity contribution in [1.29, 1.82) is 0 Å². The fourth-order valence-electron chi connectivity index (χ4n) is 2.97. The molecule has 0 aromatic heterocycles. The highest BCUT2D eigenvalue weighted by Crippen LogP contribution is 2.49. The normalized spacial score (nSPS) is 18.7. The molecule has 0 aliphatic carbocycles. The molecule has 6 nitrogen and oxygen atoms in total. The molecule has 0 aromatic rings. The van der Waals surface area contributed by atoms with E-state index in [9.17, 15) is 0 Å². The summed E-state index contributed by atoms with van der Waals surface area (Å²) in [6, 6.07) is 0. The van der Waals surface area contributed by atoms with Crippen LogP contribution in [0.15, 0.2) is 0 Å². The standard InChI is InChI=1S/C18H41NO5P2/c1-11-13-24-19-18(12-2,14(3)25-16(5,20-7)21-8)15(4)26-17(6,22-9)23-10/h14-15,19,25-26H,11-13H2,1-10H3. The number of hydrogen-bond acceptors (Lipinski definition) is 6. The molecule has 0 aliphatic rings. The summed E-state index contributed by atoms with van der Waals surface area (Å²) in [5, 5.41) is 0. The van der Waals surface area contributed by atoms with Gasteiger partial charge in [-0.1, -0.05) is 44.9 Å². The average Bonchev–Trinajstić information content (AvgIpc) is 2.64. The molecule has 4 atom stereocenters. The molecule has 0 fully saturated rings. The van der Waals surface area contributed by atoms with Gasteiger partial charge in [-0.15, -0.1) is 0 Å². The van der Waals surface area contributed by atoms with Crippen LogP contribution in [0.1, 0.15) is 54.4 Å². The predicted octanol–water partition coefficient (Wildman–Crippen LogP) is 4.13. The van der Waals surface area contributed by atoms with Crippen molar-refractivity contribution in [2.24, 2.45) is 0 Å². The first-order valence-electron chi connectivity index (χ1n) is 9.27. The lowest BCUT2D eigenvalue weighted by Gasteiger charge is -2.47. The molecule has 0 spiro atoms. The molecule has 0 heterocycles. The van der Waals surface area contributed by atoms with E-state index in [1.54, 1.807) is 28.4 Å². The van der Waals surface area contributed by atoms with Crippen LogP contribution in [0.4, 0.5) is 0 Å². The Balaban J connectivity index is 5.63. The van der Waals surface area contributed by atoms with E-state index in [1.165, 1.54) is 0 Å². The van der Waals surface area contributed by atoms with Crippen LogP contribution in [0.3, 0.4) is 0 Å². The summed E-state index contributed by atoms with van der Waals surface area (Å²) < 4.78 is 22.5. The largest absolute Gasteiger partial charge is 0.350 e. The molecule has 0 amide bonds. The van der Waals surface area contributed by atoms with Gasteiger partial charge in [0.1, 0.15) is 0 Å². The van der Waals surface area contributed by atoms with Crippen molar-refractivity contribution in [3.05, 3.63) is 0 Å². The van der Waals surface area contributed by atoms with E-state index in [2.05, 4.69) is 33.2 Å². The van der Waals surface area contributed by atoms with Crippen molar-refractivity contribution in [3.63, 3.8) is 0 Å². The Labute approximate surface area is 164 Å². The molecule has 0 saturated heterocycles. The number of methoxy groups -OCH3 is 4. The first-order valence-corrected chi connectivity index (χ1v) is 11.4. The van der Waals surface area contributed by atoms with E-state index < -0.39 is 11.1 Å². The number of nitrogens with one attached hydrogen (secondary N) is 1. The molecular formula is C18H41NO5P2. The van der Waals surface area contributed by atoms with Crippen molar-refractivity contribution >= 4 is 17.2 Å². The Bertz CT molecular complexity index is 353. The second-order valence-electron chi connectivity index (χ2n) is 6.78. The second-order valence-corrected chi connectivity index (χ2v) is 10.9. The number of hydrogen-bond donors (Lipinski definition) is 1. The number of hydroxylamine groups is 1. The maximum Gasteiger partial charge on any atom is 0.180 e. The summed E-state index contributed by atoms with van der Waals surface area (Å²) in [7, 11) is 7.63. The molecule has 0 radical (unpaired) electrons. The predicted molar refractivity (Wildman–Crippen MR) is 113 cm³/mol. The maximum atomic E-state index is 5.84. The Hall–Kier alpha value is 0.620. The third-order valence-electron chi connectivity index (χ3n) is 5.21. The Morgan fingerprint density at radius 3 is 1.46 bits per heavy atom. The smallest absolute Gasteiger partial charge is 0.180 e. The van der Waals surface area contributed by atoms with Crippen molar-refractivity contribution in [2.45, 2.75) is 82.3 Å². The van der Waals surface area contributed by atoms with Crippen LogP contribution in [-0.4, -0.2) is 63.0 Å². The molecule has 0 aliphatic heterocycles. The van der Waals surface area contributed by atoms with Crippen molar-refractivity contribution < 1.29 is 23.8 Å². The Morgan fingerprint density at radius 1 is 0.808 bits per heavy atom. The van der Waals surface area contributed by atoms with Gasteiger partial charge in [0.05, 0.1) is 12.1 Å². The molecule has 0 rings (SSSR count). The first-order chi connectivity index (χ1) is 12.1. The number of rotatable bonds is 15. The molecular weight excluding hydrogens is 372 g/mol. The van der Waals surface area contributed by atoms with Crippen LogP contribution in [0.5, 0.6) is 0 Å². The van der Waals surface area contributed by atoms with Gasteiger partial charge in [-0.25, -0.2) is 0 Å². The quantitative estimate of drug-likeness (QED) is 0.189. The van der Waals surface area contributed by atoms with Gasteiger partial charge in [-0.3, -0.25) is 0 Å². The average molecular weight is 413 g/mol. The summed E-state index contributed by atoms with van der Waals surface area (Å²) in [6.07, 6.45) is 1.87. The van der Waals surface area contributed by atoms with Crippen LogP contribution in [0.25, 0.3) is 0 Å². The number of ether oxygens (including phenoxy) is 4. The van der Waals surface area contributed by atoms with Gasteiger partial charge >= 0.3 is 0 Å². The minimum Gasteiger partial charge on any atom is -0.350 e. The third-order valence-corrected chi connectivity index (χ3v) is 8.98. The van der Waals surface area contributed by atoms with Gasteiger partial charge in [-0.05, 0) is 38.0 Å². The molecule has 4 unspecified atom stereocenters. The van der Waals surface area contributed by atoms with Gasteiger partial charge < -0.3 is 23.8 Å². The molecule has 0 bridgehead atoms. The van der Waals surface area contributed by atoms with E-state index in [-0.39, 0.29) is 16.9 Å². The second kappa shape index (κ2) is 12.2. The van der Waals surface area contributed by atoms with E-state index in [0.717, 1.165) is 12.8 Å². The summed E-state index contributed by atoms with van der Waals surface area (Å²) in [4.78, 5) is 5.84. The zero-order valence-corrected chi connectivity index (χ0v) is 20.3. The lowest BCUT2D eigenvalue weighted by molar-refractivity contribution is -0.125. The summed E-state index contributed by atoms with van der Waals surface area (Å²) >= 11 is 0. The zero-order valence-electron chi connectivity index (χ0n) is 18.3. The monoisotopic (exact) mass is 413 g/mol. The summed E-state index contributed by atoms with van der Waals surface area (Å²) in [5.74, 6) is 0. The minimum absolute atomic E-state index is 0.247. The topological polar surface area (TPSA) is 58.2 Å². The zero-order chi connectivity index (χ0) is 20.4. The summed E-state index contributed by atoms with van der Waals surface area (Å²) in [6.45, 7) is 13.4. The van der Waals surface area contributed by atoms with E-state index >= 15 is 0 Å². The fourth-order valence-corrected chi connectivity index (χ4v) is 6.72. The molecule has 8 heteroatoms. The maximum absolute atomic E-state index is 5.84. The lowest BCUT2D eigenvalue weighted by Crippen LogP contribution is -2.59. The van der Waals surface area contributed by atoms with Crippen LogP contribution in [-0.2, 0) is 23.8 Å². The molecule has 0 aromatic carbocycles. The van der Waals surface area contributed by atoms with Gasteiger partial charge in [0, 0.05) is 28.4 Å². The summed E-state index contributed by atoms with van der Waals surface area (Å²) in [5.41, 5.74) is 2.47. The van der Waals surface area contributed by atoms with Gasteiger partial charge in [0.25, 0.3) is 0 Å². The highest BCUT2D eigenvalue weighted by Gasteiger charge is 2.46. The van der Waals surface area contributed by atoms with Gasteiger partial charge in [-0.2, -0.15) is 5.48 Å². The van der Waals surface area contributed by atoms with Gasteiger partial charge in [0.2, 0.25) is 0 Å². The van der Waals surface area contributed by atoms with Crippen molar-refractivity contribution in [2.75, 3.05) is 35.0 Å².